The number of benzene rings is 3. The molecule has 0 nitrogen and oxygen atoms in total. The molecule has 3 aromatic rings. The number of rotatable bonds is 3. The summed E-state index contributed by atoms with van der Waals surface area (Å²) in [5, 5.41) is 2.73. The third-order valence-corrected chi connectivity index (χ3v) is 6.15. The Kier molecular flexibility index (Phi) is 3.61. The molecule has 0 aliphatic heterocycles. The van der Waals surface area contributed by atoms with Gasteiger partial charge in [0.2, 0.25) is 0 Å². The van der Waals surface area contributed by atoms with E-state index in [4.69, 9.17) is 0 Å². The van der Waals surface area contributed by atoms with Crippen LogP contribution in [0, 0.1) is 0 Å². The molecule has 25 heavy (non-hydrogen) atoms. The van der Waals surface area contributed by atoms with Crippen molar-refractivity contribution in [3.8, 4) is 11.1 Å². The van der Waals surface area contributed by atoms with Crippen molar-refractivity contribution in [2.24, 2.45) is 0 Å². The fraction of sp³-hybridized carbons (Fsp3) is 0.0833. The number of hydrogen-bond donors (Lipinski definition) is 0. The lowest BCUT2D eigenvalue weighted by atomic mass is 9.87. The molecular weight excluding hydrogens is 320 g/mol. The van der Waals surface area contributed by atoms with Crippen LogP contribution < -0.4 is 10.4 Å². The van der Waals surface area contributed by atoms with E-state index in [2.05, 4.69) is 91.0 Å². The van der Waals surface area contributed by atoms with Crippen LogP contribution in [0.25, 0.3) is 23.3 Å². The highest BCUT2D eigenvalue weighted by Gasteiger charge is 2.22. The lowest BCUT2D eigenvalue weighted by Crippen LogP contribution is -2.22. The lowest BCUT2D eigenvalue weighted by molar-refractivity contribution is 0.966. The molecular formula is C24H18S. The topological polar surface area (TPSA) is 0 Å². The Morgan fingerprint density at radius 1 is 0.800 bits per heavy atom. The first-order valence-corrected chi connectivity index (χ1v) is 9.69. The van der Waals surface area contributed by atoms with Gasteiger partial charge in [0, 0.05) is 16.6 Å². The van der Waals surface area contributed by atoms with E-state index in [9.17, 15) is 0 Å². The van der Waals surface area contributed by atoms with Gasteiger partial charge in [0.25, 0.3) is 0 Å². The van der Waals surface area contributed by atoms with E-state index >= 15 is 0 Å². The largest absolute Gasteiger partial charge is 0.125 e. The Morgan fingerprint density at radius 2 is 1.60 bits per heavy atom. The maximum atomic E-state index is 2.36. The molecule has 2 aliphatic rings. The number of fused-ring (bicyclic) bond motifs is 5. The molecule has 0 saturated carbocycles. The second kappa shape index (κ2) is 6.09. The van der Waals surface area contributed by atoms with Crippen LogP contribution in [0.3, 0.4) is 0 Å². The average Bonchev–Trinajstić information content (AvgIpc) is 3.06. The van der Waals surface area contributed by atoms with E-state index in [1.807, 2.05) is 11.8 Å². The average molecular weight is 338 g/mol. The van der Waals surface area contributed by atoms with E-state index in [0.29, 0.717) is 5.92 Å². The second-order valence-electron chi connectivity index (χ2n) is 6.55. The Bertz CT molecular complexity index is 1090. The van der Waals surface area contributed by atoms with E-state index in [0.717, 1.165) is 5.75 Å². The molecule has 2 aliphatic carbocycles. The Morgan fingerprint density at radius 3 is 2.52 bits per heavy atom. The molecule has 0 N–H and O–H groups in total. The zero-order valence-corrected chi connectivity index (χ0v) is 14.7. The minimum atomic E-state index is 0.444. The summed E-state index contributed by atoms with van der Waals surface area (Å²) in [6, 6.07) is 24.0. The molecule has 0 spiro atoms. The molecule has 0 aromatic heterocycles. The van der Waals surface area contributed by atoms with Crippen molar-refractivity contribution in [1.82, 2.24) is 0 Å². The summed E-state index contributed by atoms with van der Waals surface area (Å²) in [6.45, 7) is 0. The van der Waals surface area contributed by atoms with Crippen LogP contribution in [0.15, 0.2) is 83.8 Å². The molecule has 0 radical (unpaired) electrons. The SMILES string of the molecule is C1=CC(CSc2ccccc2)c2c3c(ccc2=C1)=Cc1ccccc1-3. The van der Waals surface area contributed by atoms with Gasteiger partial charge in [-0.3, -0.25) is 0 Å². The molecule has 0 amide bonds. The normalized spacial score (nSPS) is 16.4. The molecule has 5 rings (SSSR count). The van der Waals surface area contributed by atoms with Crippen molar-refractivity contribution < 1.29 is 0 Å². The number of hydrogen-bond acceptors (Lipinski definition) is 1. The van der Waals surface area contributed by atoms with Crippen molar-refractivity contribution in [2.45, 2.75) is 10.8 Å². The Hall–Kier alpha value is -2.51. The van der Waals surface area contributed by atoms with Crippen LogP contribution in [-0.4, -0.2) is 5.75 Å². The predicted molar refractivity (Wildman–Crippen MR) is 108 cm³/mol. The van der Waals surface area contributed by atoms with E-state index in [1.165, 1.54) is 37.6 Å². The van der Waals surface area contributed by atoms with Gasteiger partial charge in [-0.05, 0) is 50.9 Å². The number of thioether (sulfide) groups is 1. The zero-order chi connectivity index (χ0) is 16.6. The predicted octanol–water partition coefficient (Wildman–Crippen LogP) is 4.72. The summed E-state index contributed by atoms with van der Waals surface area (Å²) in [6.07, 6.45) is 9.15. The lowest BCUT2D eigenvalue weighted by Gasteiger charge is -2.20. The van der Waals surface area contributed by atoms with E-state index in [1.54, 1.807) is 0 Å². The van der Waals surface area contributed by atoms with Crippen molar-refractivity contribution in [2.75, 3.05) is 5.75 Å². The molecule has 0 heterocycles. The summed E-state index contributed by atoms with van der Waals surface area (Å²) in [4.78, 5) is 1.34. The second-order valence-corrected chi connectivity index (χ2v) is 7.64. The number of allylic oxidation sites excluding steroid dienone is 2. The minimum absolute atomic E-state index is 0.444. The van der Waals surface area contributed by atoms with Gasteiger partial charge in [-0.2, -0.15) is 0 Å². The van der Waals surface area contributed by atoms with Gasteiger partial charge in [-0.15, -0.1) is 11.8 Å². The third kappa shape index (κ3) is 2.56. The quantitative estimate of drug-likeness (QED) is 0.487. The van der Waals surface area contributed by atoms with Crippen molar-refractivity contribution in [3.05, 3.63) is 100 Å². The highest BCUT2D eigenvalue weighted by molar-refractivity contribution is 7.99. The third-order valence-electron chi connectivity index (χ3n) is 5.02. The molecule has 1 heteroatoms. The minimum Gasteiger partial charge on any atom is -0.125 e. The van der Waals surface area contributed by atoms with Crippen molar-refractivity contribution in [1.29, 1.82) is 0 Å². The highest BCUT2D eigenvalue weighted by atomic mass is 32.2. The van der Waals surface area contributed by atoms with Crippen molar-refractivity contribution in [3.63, 3.8) is 0 Å². The van der Waals surface area contributed by atoms with Crippen LogP contribution >= 0.6 is 11.8 Å². The van der Waals surface area contributed by atoms with Gasteiger partial charge in [-0.25, -0.2) is 0 Å². The first-order valence-electron chi connectivity index (χ1n) is 8.70. The summed E-state index contributed by atoms with van der Waals surface area (Å²) in [5.74, 6) is 1.51. The highest BCUT2D eigenvalue weighted by Crippen LogP contribution is 2.35. The first-order chi connectivity index (χ1) is 12.4. The fourth-order valence-corrected chi connectivity index (χ4v) is 4.87. The summed E-state index contributed by atoms with van der Waals surface area (Å²) in [7, 11) is 0. The molecule has 0 fully saturated rings. The maximum Gasteiger partial charge on any atom is 0.0128 e. The summed E-state index contributed by atoms with van der Waals surface area (Å²) < 4.78 is 0. The maximum absolute atomic E-state index is 2.36. The van der Waals surface area contributed by atoms with Crippen molar-refractivity contribution >= 4 is 23.9 Å². The van der Waals surface area contributed by atoms with Crippen LogP contribution in [0.5, 0.6) is 0 Å². The van der Waals surface area contributed by atoms with Gasteiger partial charge in [0.05, 0.1) is 0 Å². The van der Waals surface area contributed by atoms with Gasteiger partial charge in [0.1, 0.15) is 0 Å². The Labute approximate surface area is 152 Å². The summed E-state index contributed by atoms with van der Waals surface area (Å²) in [5.41, 5.74) is 5.65. The van der Waals surface area contributed by atoms with Gasteiger partial charge in [-0.1, -0.05) is 72.8 Å². The monoisotopic (exact) mass is 338 g/mol. The van der Waals surface area contributed by atoms with E-state index < -0.39 is 0 Å². The fourth-order valence-electron chi connectivity index (χ4n) is 3.87. The molecule has 0 bridgehead atoms. The van der Waals surface area contributed by atoms with Gasteiger partial charge >= 0.3 is 0 Å². The molecule has 1 atom stereocenters. The molecule has 120 valence electrons. The molecule has 3 aromatic carbocycles. The van der Waals surface area contributed by atoms with Crippen LogP contribution in [-0.2, 0) is 0 Å². The molecule has 1 unspecified atom stereocenters. The Balaban J connectivity index is 1.59. The van der Waals surface area contributed by atoms with Crippen LogP contribution in [0.1, 0.15) is 17.0 Å². The zero-order valence-electron chi connectivity index (χ0n) is 13.9. The molecule has 0 saturated heterocycles. The van der Waals surface area contributed by atoms with Gasteiger partial charge < -0.3 is 0 Å². The first kappa shape index (κ1) is 14.8. The standard InChI is InChI=1S/C24H18S/c1-2-10-21(11-3-1)25-16-20-9-6-8-17-13-14-19-15-18-7-4-5-12-22(18)24(19)23(17)20/h1-15,20H,16H2. The summed E-state index contributed by atoms with van der Waals surface area (Å²) >= 11 is 1.94. The smallest absolute Gasteiger partial charge is 0.0128 e. The van der Waals surface area contributed by atoms with Gasteiger partial charge in [0.15, 0.2) is 0 Å². The van der Waals surface area contributed by atoms with Crippen LogP contribution in [0.2, 0.25) is 0 Å². The van der Waals surface area contributed by atoms with E-state index in [-0.39, 0.29) is 0 Å². The van der Waals surface area contributed by atoms with Crippen LogP contribution in [0.4, 0.5) is 0 Å².